The van der Waals surface area contributed by atoms with Gasteiger partial charge in [-0.05, 0) is 128 Å². The van der Waals surface area contributed by atoms with E-state index in [-0.39, 0.29) is 23.4 Å². The smallest absolute Gasteiger partial charge is 0.187 e. The maximum atomic E-state index is 11.6. The number of allylic oxidation sites excluding steroid dienone is 1. The minimum Gasteiger partial charge on any atom is -0.394 e. The number of aliphatic hydroxyl groups excluding tert-OH is 12. The highest BCUT2D eigenvalue weighted by molar-refractivity contribution is 5.50. The molecule has 72 heavy (non-hydrogen) atoms. The van der Waals surface area contributed by atoms with Crippen LogP contribution in [0.5, 0.6) is 0 Å². The van der Waals surface area contributed by atoms with Crippen molar-refractivity contribution in [3.05, 3.63) is 46.0 Å². The fourth-order valence-electron chi connectivity index (χ4n) is 14.0. The van der Waals surface area contributed by atoms with Gasteiger partial charge in [-0.3, -0.25) is 0 Å². The van der Waals surface area contributed by atoms with Gasteiger partial charge in [0.2, 0.25) is 0 Å². The van der Waals surface area contributed by atoms with Gasteiger partial charge >= 0.3 is 0 Å². The molecule has 4 aliphatic carbocycles. The first kappa shape index (κ1) is 54.9. The summed E-state index contributed by atoms with van der Waals surface area (Å²) in [6.07, 6.45) is -17.8. The molecule has 408 valence electrons. The van der Waals surface area contributed by atoms with Crippen LogP contribution in [-0.4, -0.2) is 211 Å². The summed E-state index contributed by atoms with van der Waals surface area (Å²) >= 11 is 0. The zero-order valence-electron chi connectivity index (χ0n) is 41.9. The molecule has 4 heterocycles. The number of aryl methyl sites for hydroxylation is 1. The van der Waals surface area contributed by atoms with Crippen molar-refractivity contribution in [2.45, 2.75) is 221 Å². The molecule has 6 fully saturated rings. The molecule has 26 unspecified atom stereocenters. The summed E-state index contributed by atoms with van der Waals surface area (Å²) in [4.78, 5) is 0. The highest BCUT2D eigenvalue weighted by Gasteiger charge is 2.59. The highest BCUT2D eigenvalue weighted by atomic mass is 16.8. The van der Waals surface area contributed by atoms with Crippen LogP contribution in [0.15, 0.2) is 23.8 Å². The fraction of sp³-hybridized carbons (Fsp3) is 0.846. The van der Waals surface area contributed by atoms with Gasteiger partial charge in [0, 0.05) is 0 Å². The summed E-state index contributed by atoms with van der Waals surface area (Å²) in [5, 5.41) is 126. The topological polar surface area (TPSA) is 317 Å². The summed E-state index contributed by atoms with van der Waals surface area (Å²) in [5.74, 6) is 1.45. The van der Waals surface area contributed by atoms with Gasteiger partial charge in [-0.2, -0.15) is 0 Å². The summed E-state index contributed by atoms with van der Waals surface area (Å²) in [7, 11) is 0. The van der Waals surface area contributed by atoms with E-state index in [1.54, 1.807) is 0 Å². The second kappa shape index (κ2) is 21.9. The maximum absolute atomic E-state index is 11.6. The average molecular weight is 1030 g/mol. The molecule has 0 spiro atoms. The number of aliphatic hydroxyl groups is 12. The molecule has 0 aromatic heterocycles. The molecule has 1 aromatic rings. The number of benzene rings is 1. The standard InChI is InChI=1S/C52H80O20/c1-22(20-65-47-43(63)41(61)38(58)33(18-53)69-47)6-7-25-8-9-26-16-31-29-11-10-27-17-28(12-14-51(27,4)30(29)13-15-52(31,5)35(26)23(25)2)68-50-46(72-49-44(64)40(60)36(56)24(3)67-49)45(39(59)34(19-54)70-50)71-48-42(62)37(57)32(55)21-66-48/h8-10,22,24,28-34,36-50,53-64H,6-7,11-21H2,1-5H3. The van der Waals surface area contributed by atoms with Crippen molar-refractivity contribution in [1.82, 2.24) is 0 Å². The average Bonchev–Trinajstić information content (AvgIpc) is 3.68. The van der Waals surface area contributed by atoms with Gasteiger partial charge in [0.15, 0.2) is 25.2 Å². The Hall–Kier alpha value is -1.84. The SMILES string of the molecule is Cc1c(CCC(C)COC2OC(CO)C(O)C(O)C2O)ccc2c1C1(C)CCC3C(CC=C4CC(OC5OC(CO)C(O)C(OC6OCC(O)C(O)C6O)C5OC5OC(C)C(O)C(O)C5O)CCC43C)C1C2. The van der Waals surface area contributed by atoms with Gasteiger partial charge in [0.05, 0.1) is 38.6 Å². The molecule has 26 atom stereocenters. The van der Waals surface area contributed by atoms with Gasteiger partial charge in [-0.25, -0.2) is 0 Å². The van der Waals surface area contributed by atoms with Crippen LogP contribution in [0.4, 0.5) is 0 Å². The molecule has 1 aromatic carbocycles. The molecule has 20 heteroatoms. The normalized spacial score (nSPS) is 48.7. The first-order chi connectivity index (χ1) is 34.2. The van der Waals surface area contributed by atoms with Crippen LogP contribution in [0.1, 0.15) is 94.9 Å². The van der Waals surface area contributed by atoms with E-state index < -0.39 is 143 Å². The number of rotatable bonds is 14. The van der Waals surface area contributed by atoms with Gasteiger partial charge < -0.3 is 99.2 Å². The van der Waals surface area contributed by atoms with Gasteiger partial charge in [-0.15, -0.1) is 0 Å². The molecule has 4 saturated heterocycles. The molecule has 20 nitrogen and oxygen atoms in total. The first-order valence-electron chi connectivity index (χ1n) is 26.2. The van der Waals surface area contributed by atoms with Crippen LogP contribution in [0, 0.1) is 36.0 Å². The molecular weight excluding hydrogens is 945 g/mol. The lowest BCUT2D eigenvalue weighted by Crippen LogP contribution is -2.66. The molecule has 8 aliphatic rings. The number of hydrogen-bond acceptors (Lipinski definition) is 20. The third-order valence-electron chi connectivity index (χ3n) is 18.4. The Morgan fingerprint density at radius 2 is 1.32 bits per heavy atom. The van der Waals surface area contributed by atoms with E-state index in [1.807, 2.05) is 0 Å². The van der Waals surface area contributed by atoms with Crippen LogP contribution in [-0.2, 0) is 56.2 Å². The van der Waals surface area contributed by atoms with Crippen LogP contribution in [0.3, 0.4) is 0 Å². The van der Waals surface area contributed by atoms with E-state index in [1.165, 1.54) is 34.8 Å². The second-order valence-electron chi connectivity index (χ2n) is 22.8. The minimum atomic E-state index is -1.75. The molecule has 9 rings (SSSR count). The van der Waals surface area contributed by atoms with Crippen molar-refractivity contribution in [2.75, 3.05) is 26.4 Å². The van der Waals surface area contributed by atoms with Crippen LogP contribution >= 0.6 is 0 Å². The van der Waals surface area contributed by atoms with Gasteiger partial charge in [0.25, 0.3) is 0 Å². The number of hydrogen-bond donors (Lipinski definition) is 12. The Morgan fingerprint density at radius 3 is 2.06 bits per heavy atom. The van der Waals surface area contributed by atoms with E-state index in [9.17, 15) is 61.3 Å². The van der Waals surface area contributed by atoms with Crippen LogP contribution in [0.2, 0.25) is 0 Å². The maximum Gasteiger partial charge on any atom is 0.187 e. The molecule has 0 bridgehead atoms. The van der Waals surface area contributed by atoms with E-state index in [0.29, 0.717) is 30.6 Å². The first-order valence-corrected chi connectivity index (χ1v) is 26.2. The molecule has 0 radical (unpaired) electrons. The third kappa shape index (κ3) is 10.0. The summed E-state index contributed by atoms with van der Waals surface area (Å²) in [6, 6.07) is 4.59. The monoisotopic (exact) mass is 1020 g/mol. The van der Waals surface area contributed by atoms with Crippen molar-refractivity contribution in [1.29, 1.82) is 0 Å². The quantitative estimate of drug-likeness (QED) is 0.0980. The molecular formula is C52H80O20. The van der Waals surface area contributed by atoms with E-state index in [4.69, 9.17) is 37.9 Å². The van der Waals surface area contributed by atoms with Crippen molar-refractivity contribution >= 4 is 0 Å². The Morgan fingerprint density at radius 1 is 0.667 bits per heavy atom. The number of ether oxygens (including phenoxy) is 8. The lowest BCUT2D eigenvalue weighted by atomic mass is 9.47. The summed E-state index contributed by atoms with van der Waals surface area (Å²) < 4.78 is 48.1. The zero-order chi connectivity index (χ0) is 51.7. The predicted octanol–water partition coefficient (Wildman–Crippen LogP) is -1.14. The summed E-state index contributed by atoms with van der Waals surface area (Å²) in [6.45, 7) is 9.36. The van der Waals surface area contributed by atoms with Gasteiger partial charge in [-0.1, -0.05) is 44.6 Å². The highest BCUT2D eigenvalue weighted by Crippen LogP contribution is 2.65. The van der Waals surface area contributed by atoms with Crippen molar-refractivity contribution in [3.63, 3.8) is 0 Å². The third-order valence-corrected chi connectivity index (χ3v) is 18.4. The molecule has 4 aliphatic heterocycles. The Kier molecular flexibility index (Phi) is 16.7. The van der Waals surface area contributed by atoms with Crippen LogP contribution < -0.4 is 0 Å². The largest absolute Gasteiger partial charge is 0.394 e. The molecule has 0 amide bonds. The Balaban J connectivity index is 0.877. The molecule has 2 saturated carbocycles. The lowest BCUT2D eigenvalue weighted by molar-refractivity contribution is -0.390. The Labute approximate surface area is 420 Å². The van der Waals surface area contributed by atoms with E-state index >= 15 is 0 Å². The van der Waals surface area contributed by atoms with Crippen molar-refractivity contribution in [3.8, 4) is 0 Å². The van der Waals surface area contributed by atoms with Crippen molar-refractivity contribution < 1.29 is 99.2 Å². The minimum absolute atomic E-state index is 0.00829. The fourth-order valence-corrected chi connectivity index (χ4v) is 14.0. The van der Waals surface area contributed by atoms with E-state index in [2.05, 4.69) is 45.9 Å². The van der Waals surface area contributed by atoms with Crippen LogP contribution in [0.25, 0.3) is 0 Å². The van der Waals surface area contributed by atoms with Gasteiger partial charge in [0.1, 0.15) is 85.5 Å². The zero-order valence-corrected chi connectivity index (χ0v) is 41.9. The molecule has 12 N–H and O–H groups in total. The lowest BCUT2D eigenvalue weighted by Gasteiger charge is -2.58. The second-order valence-corrected chi connectivity index (χ2v) is 22.8. The predicted molar refractivity (Wildman–Crippen MR) is 250 cm³/mol. The number of fused-ring (bicyclic) bond motifs is 7. The van der Waals surface area contributed by atoms with Crippen molar-refractivity contribution in [2.24, 2.45) is 29.1 Å². The van der Waals surface area contributed by atoms with E-state index in [0.717, 1.165) is 44.9 Å². The summed E-state index contributed by atoms with van der Waals surface area (Å²) in [5.41, 5.74) is 6.75. The Bertz CT molecular complexity index is 2040.